The van der Waals surface area contributed by atoms with Crippen molar-refractivity contribution in [2.45, 2.75) is 55.3 Å². The number of hydrogen-bond acceptors (Lipinski definition) is 4. The Bertz CT molecular complexity index is 1500. The van der Waals surface area contributed by atoms with E-state index in [0.29, 0.717) is 41.8 Å². The van der Waals surface area contributed by atoms with Gasteiger partial charge in [-0.15, -0.1) is 47.9 Å². The molecule has 10 heteroatoms. The summed E-state index contributed by atoms with van der Waals surface area (Å²) in [4.78, 5) is 1.92. The molecule has 2 aromatic heterocycles. The van der Waals surface area contributed by atoms with Gasteiger partial charge < -0.3 is 0 Å². The number of hydrogen-bond donors (Lipinski definition) is 2. The van der Waals surface area contributed by atoms with Crippen LogP contribution < -0.4 is 0 Å². The third-order valence-corrected chi connectivity index (χ3v) is 10.8. The van der Waals surface area contributed by atoms with Crippen molar-refractivity contribution in [1.29, 1.82) is 0 Å². The molecule has 0 saturated carbocycles. The predicted octanol–water partition coefficient (Wildman–Crippen LogP) is 10.8. The number of alkyl halides is 6. The van der Waals surface area contributed by atoms with Crippen LogP contribution in [0.25, 0.3) is 32.0 Å². The second-order valence-corrected chi connectivity index (χ2v) is 12.7. The minimum absolute atomic E-state index is 0.263. The summed E-state index contributed by atoms with van der Waals surface area (Å²) in [6.07, 6.45) is 0. The summed E-state index contributed by atoms with van der Waals surface area (Å²) < 4.78 is 92.4. The van der Waals surface area contributed by atoms with Crippen molar-refractivity contribution in [3.05, 3.63) is 80.5 Å². The highest BCUT2D eigenvalue weighted by atomic mass is 32.1. The first-order valence-electron chi connectivity index (χ1n) is 11.8. The Morgan fingerprint density at radius 1 is 0.487 bits per heavy atom. The SMILES string of the molecule is Cc1c(C2=C(c3sc(-c4ccc(S)cc4)c(C)c3C)C(F)(F)C(F)(F)C2(F)F)sc(-c2ccc(S)cc2)c1C. The standard InChI is InChI=1S/C29H22F6S4/c1-13-15(3)25(38-23(13)17-5-9-19(36)10-6-17)21-22(28(32,33)29(34,35)27(21,30)31)26-16(4)14(2)24(39-26)18-7-11-20(37)12-8-18/h5-12,36-37H,1-4H3. The van der Waals surface area contributed by atoms with Gasteiger partial charge in [0.2, 0.25) is 0 Å². The third kappa shape index (κ3) is 4.12. The average molecular weight is 613 g/mol. The van der Waals surface area contributed by atoms with Crippen LogP contribution >= 0.6 is 47.9 Å². The molecule has 0 amide bonds. The third-order valence-electron chi connectivity index (χ3n) is 7.28. The lowest BCUT2D eigenvalue weighted by Gasteiger charge is -2.25. The molecule has 0 spiro atoms. The topological polar surface area (TPSA) is 0 Å². The molecule has 4 aromatic rings. The van der Waals surface area contributed by atoms with Gasteiger partial charge in [-0.05, 0) is 85.3 Å². The fraction of sp³-hybridized carbons (Fsp3) is 0.241. The zero-order chi connectivity index (χ0) is 28.7. The molecule has 1 aliphatic carbocycles. The van der Waals surface area contributed by atoms with Crippen molar-refractivity contribution < 1.29 is 26.3 Å². The molecular weight excluding hydrogens is 591 g/mol. The summed E-state index contributed by atoms with van der Waals surface area (Å²) in [5.74, 6) is -15.8. The van der Waals surface area contributed by atoms with E-state index < -0.39 is 28.9 Å². The number of benzene rings is 2. The molecule has 0 bridgehead atoms. The van der Waals surface area contributed by atoms with Gasteiger partial charge in [-0.3, -0.25) is 0 Å². The van der Waals surface area contributed by atoms with Gasteiger partial charge in [0.1, 0.15) is 0 Å². The highest BCUT2D eigenvalue weighted by Crippen LogP contribution is 2.67. The lowest BCUT2D eigenvalue weighted by atomic mass is 9.97. The van der Waals surface area contributed by atoms with Crippen molar-refractivity contribution in [2.24, 2.45) is 0 Å². The summed E-state index contributed by atoms with van der Waals surface area (Å²) >= 11 is 10.2. The summed E-state index contributed by atoms with van der Waals surface area (Å²) in [6.45, 7) is 6.35. The van der Waals surface area contributed by atoms with Crippen LogP contribution in [-0.4, -0.2) is 17.8 Å². The Balaban J connectivity index is 1.82. The van der Waals surface area contributed by atoms with Crippen molar-refractivity contribution in [3.63, 3.8) is 0 Å². The highest BCUT2D eigenvalue weighted by molar-refractivity contribution is 7.80. The lowest BCUT2D eigenvalue weighted by molar-refractivity contribution is -0.254. The normalized spacial score (nSPS) is 17.7. The van der Waals surface area contributed by atoms with Gasteiger partial charge >= 0.3 is 17.8 Å². The molecule has 2 heterocycles. The molecule has 204 valence electrons. The predicted molar refractivity (Wildman–Crippen MR) is 155 cm³/mol. The molecule has 0 saturated heterocycles. The number of halogens is 6. The maximum atomic E-state index is 15.6. The van der Waals surface area contributed by atoms with E-state index in [1.165, 1.54) is 13.8 Å². The minimum atomic E-state index is -5.61. The summed E-state index contributed by atoms with van der Waals surface area (Å²) in [6, 6.07) is 13.8. The van der Waals surface area contributed by atoms with Gasteiger partial charge in [0, 0.05) is 29.3 Å². The quantitative estimate of drug-likeness (QED) is 0.166. The first kappa shape index (κ1) is 28.4. The molecule has 0 atom stereocenters. The van der Waals surface area contributed by atoms with Crippen molar-refractivity contribution in [1.82, 2.24) is 0 Å². The lowest BCUT2D eigenvalue weighted by Crippen LogP contribution is -2.48. The highest BCUT2D eigenvalue weighted by Gasteiger charge is 2.80. The molecule has 0 radical (unpaired) electrons. The summed E-state index contributed by atoms with van der Waals surface area (Å²) in [7, 11) is 0. The van der Waals surface area contributed by atoms with Crippen LogP contribution in [0.2, 0.25) is 0 Å². The van der Waals surface area contributed by atoms with E-state index in [-0.39, 0.29) is 20.9 Å². The van der Waals surface area contributed by atoms with Crippen LogP contribution in [0.4, 0.5) is 26.3 Å². The van der Waals surface area contributed by atoms with E-state index in [4.69, 9.17) is 0 Å². The van der Waals surface area contributed by atoms with E-state index in [9.17, 15) is 0 Å². The van der Waals surface area contributed by atoms with Gasteiger partial charge in [0.25, 0.3) is 0 Å². The largest absolute Gasteiger partial charge is 0.380 e. The molecular formula is C29H22F6S4. The van der Waals surface area contributed by atoms with E-state index in [2.05, 4.69) is 25.3 Å². The van der Waals surface area contributed by atoms with Crippen LogP contribution in [0.15, 0.2) is 58.3 Å². The minimum Gasteiger partial charge on any atom is -0.194 e. The molecule has 0 fully saturated rings. The second kappa shape index (κ2) is 9.46. The van der Waals surface area contributed by atoms with E-state index in [0.717, 1.165) is 22.7 Å². The maximum absolute atomic E-state index is 15.6. The van der Waals surface area contributed by atoms with E-state index >= 15 is 26.3 Å². The maximum Gasteiger partial charge on any atom is 0.380 e. The first-order valence-corrected chi connectivity index (χ1v) is 14.3. The zero-order valence-corrected chi connectivity index (χ0v) is 24.5. The van der Waals surface area contributed by atoms with Crippen LogP contribution in [0, 0.1) is 27.7 Å². The van der Waals surface area contributed by atoms with Crippen LogP contribution in [0.1, 0.15) is 32.0 Å². The molecule has 0 nitrogen and oxygen atoms in total. The Kier molecular flexibility index (Phi) is 6.89. The van der Waals surface area contributed by atoms with E-state index in [1.807, 2.05) is 0 Å². The monoisotopic (exact) mass is 612 g/mol. The number of thiophene rings is 2. The van der Waals surface area contributed by atoms with Crippen LogP contribution in [0.3, 0.4) is 0 Å². The molecule has 0 unspecified atom stereocenters. The Hall–Kier alpha value is -2.14. The Morgan fingerprint density at radius 2 is 0.769 bits per heavy atom. The second-order valence-electron chi connectivity index (χ2n) is 9.59. The summed E-state index contributed by atoms with van der Waals surface area (Å²) in [5.41, 5.74) is 0.365. The molecule has 39 heavy (non-hydrogen) atoms. The van der Waals surface area contributed by atoms with Gasteiger partial charge in [-0.25, -0.2) is 0 Å². The molecule has 0 N–H and O–H groups in total. The van der Waals surface area contributed by atoms with Gasteiger partial charge in [0.05, 0.1) is 11.1 Å². The van der Waals surface area contributed by atoms with Gasteiger partial charge in [0.15, 0.2) is 0 Å². The molecule has 0 aliphatic heterocycles. The smallest absolute Gasteiger partial charge is 0.194 e. The van der Waals surface area contributed by atoms with Crippen LogP contribution in [-0.2, 0) is 0 Å². The Morgan fingerprint density at radius 3 is 1.08 bits per heavy atom. The van der Waals surface area contributed by atoms with Crippen molar-refractivity contribution >= 4 is 59.1 Å². The van der Waals surface area contributed by atoms with Crippen molar-refractivity contribution in [3.8, 4) is 20.9 Å². The van der Waals surface area contributed by atoms with E-state index in [1.54, 1.807) is 62.4 Å². The summed E-state index contributed by atoms with van der Waals surface area (Å²) in [5, 5.41) is 0. The molecule has 5 rings (SSSR count). The number of rotatable bonds is 4. The molecule has 2 aromatic carbocycles. The fourth-order valence-corrected chi connectivity index (χ4v) is 7.89. The average Bonchev–Trinajstić information content (AvgIpc) is 3.36. The van der Waals surface area contributed by atoms with Crippen molar-refractivity contribution in [2.75, 3.05) is 0 Å². The van der Waals surface area contributed by atoms with Gasteiger partial charge in [-0.1, -0.05) is 24.3 Å². The molecule has 1 aliphatic rings. The van der Waals surface area contributed by atoms with Crippen LogP contribution in [0.5, 0.6) is 0 Å². The number of thiol groups is 2. The fourth-order valence-electron chi connectivity index (χ4n) is 4.78. The zero-order valence-electron chi connectivity index (χ0n) is 21.1. The Labute approximate surface area is 241 Å². The van der Waals surface area contributed by atoms with Gasteiger partial charge in [-0.2, -0.15) is 26.3 Å². The number of allylic oxidation sites excluding steroid dienone is 2. The first-order chi connectivity index (χ1) is 18.1.